The lowest BCUT2D eigenvalue weighted by Gasteiger charge is -2.19. The first-order chi connectivity index (χ1) is 8.33. The molecule has 1 N–H and O–H groups in total. The maximum Gasteiger partial charge on any atom is 0.149 e. The zero-order chi connectivity index (χ0) is 13.8. The summed E-state index contributed by atoms with van der Waals surface area (Å²) < 4.78 is 36.0. The van der Waals surface area contributed by atoms with Gasteiger partial charge >= 0.3 is 0 Å². The number of hydrogen-bond acceptors (Lipinski definition) is 3. The summed E-state index contributed by atoms with van der Waals surface area (Å²) in [5, 5.41) is 3.45. The van der Waals surface area contributed by atoms with Gasteiger partial charge in [0.2, 0.25) is 0 Å². The summed E-state index contributed by atoms with van der Waals surface area (Å²) >= 11 is 6.00. The monoisotopic (exact) mass is 293 g/mol. The van der Waals surface area contributed by atoms with Crippen LogP contribution in [0.4, 0.5) is 4.39 Å². The van der Waals surface area contributed by atoms with Crippen LogP contribution in [-0.4, -0.2) is 27.0 Å². The van der Waals surface area contributed by atoms with Crippen LogP contribution in [0.3, 0.4) is 0 Å². The van der Waals surface area contributed by atoms with E-state index in [0.717, 1.165) is 12.7 Å². The fourth-order valence-electron chi connectivity index (χ4n) is 1.66. The lowest BCUT2D eigenvalue weighted by molar-refractivity contribution is 0.545. The largest absolute Gasteiger partial charge is 0.309 e. The van der Waals surface area contributed by atoms with Crippen molar-refractivity contribution in [1.82, 2.24) is 5.32 Å². The molecule has 1 aromatic carbocycles. The summed E-state index contributed by atoms with van der Waals surface area (Å²) in [5.74, 6) is -0.526. The third-order valence-electron chi connectivity index (χ3n) is 2.44. The van der Waals surface area contributed by atoms with E-state index < -0.39 is 21.7 Å². The molecule has 0 aliphatic rings. The molecule has 1 atom stereocenters. The van der Waals surface area contributed by atoms with Crippen LogP contribution in [0, 0.1) is 5.82 Å². The number of halogens is 2. The van der Waals surface area contributed by atoms with Gasteiger partial charge in [-0.1, -0.05) is 18.5 Å². The molecule has 1 unspecified atom stereocenters. The van der Waals surface area contributed by atoms with Crippen LogP contribution in [0.25, 0.3) is 0 Å². The molecule has 1 rings (SSSR count). The number of nitrogens with one attached hydrogen (secondary N) is 1. The van der Waals surface area contributed by atoms with E-state index >= 15 is 0 Å². The Kier molecular flexibility index (Phi) is 5.56. The maximum atomic E-state index is 13.2. The van der Waals surface area contributed by atoms with Crippen molar-refractivity contribution in [1.29, 1.82) is 0 Å². The number of rotatable bonds is 6. The van der Waals surface area contributed by atoms with Crippen LogP contribution in [0.1, 0.15) is 24.9 Å². The molecule has 0 aromatic heterocycles. The van der Waals surface area contributed by atoms with Crippen molar-refractivity contribution in [3.63, 3.8) is 0 Å². The molecule has 0 amide bonds. The van der Waals surface area contributed by atoms with Gasteiger partial charge in [0, 0.05) is 17.3 Å². The average molecular weight is 294 g/mol. The zero-order valence-corrected chi connectivity index (χ0v) is 12.0. The predicted molar refractivity (Wildman–Crippen MR) is 72.2 cm³/mol. The van der Waals surface area contributed by atoms with Gasteiger partial charge in [0.05, 0.1) is 5.75 Å². The summed E-state index contributed by atoms with van der Waals surface area (Å²) in [5.41, 5.74) is 0.482. The molecular weight excluding hydrogens is 277 g/mol. The molecule has 0 saturated carbocycles. The predicted octanol–water partition coefficient (Wildman–Crippen LogP) is 2.56. The van der Waals surface area contributed by atoms with E-state index in [-0.39, 0.29) is 5.75 Å². The number of hydrogen-bond donors (Lipinski definition) is 1. The fourth-order valence-corrected chi connectivity index (χ4v) is 2.81. The highest BCUT2D eigenvalue weighted by molar-refractivity contribution is 7.90. The number of benzene rings is 1. The Labute approximate surface area is 112 Å². The third kappa shape index (κ3) is 4.92. The molecule has 0 spiro atoms. The molecule has 0 heterocycles. The highest BCUT2D eigenvalue weighted by Gasteiger charge is 2.19. The number of sulfone groups is 1. The highest BCUT2D eigenvalue weighted by atomic mass is 35.5. The lowest BCUT2D eigenvalue weighted by atomic mass is 10.1. The van der Waals surface area contributed by atoms with Gasteiger partial charge in [-0.3, -0.25) is 0 Å². The van der Waals surface area contributed by atoms with Crippen LogP contribution >= 0.6 is 11.6 Å². The highest BCUT2D eigenvalue weighted by Crippen LogP contribution is 2.25. The Morgan fingerprint density at radius 3 is 2.67 bits per heavy atom. The van der Waals surface area contributed by atoms with Crippen LogP contribution in [0.5, 0.6) is 0 Å². The molecule has 0 aliphatic heterocycles. The molecule has 0 radical (unpaired) electrons. The molecule has 102 valence electrons. The normalized spacial score (nSPS) is 13.6. The van der Waals surface area contributed by atoms with E-state index in [9.17, 15) is 12.8 Å². The van der Waals surface area contributed by atoms with E-state index in [4.69, 9.17) is 11.6 Å². The van der Waals surface area contributed by atoms with Crippen molar-refractivity contribution in [2.75, 3.05) is 18.6 Å². The minimum Gasteiger partial charge on any atom is -0.309 e. The molecule has 0 saturated heterocycles. The van der Waals surface area contributed by atoms with Gasteiger partial charge in [-0.2, -0.15) is 0 Å². The summed E-state index contributed by atoms with van der Waals surface area (Å²) in [7, 11) is -3.18. The van der Waals surface area contributed by atoms with E-state index in [1.807, 2.05) is 6.92 Å². The first-order valence-electron chi connectivity index (χ1n) is 5.69. The first-order valence-corrected chi connectivity index (χ1v) is 8.13. The van der Waals surface area contributed by atoms with Gasteiger partial charge in [0.15, 0.2) is 0 Å². The third-order valence-corrected chi connectivity index (χ3v) is 3.73. The van der Waals surface area contributed by atoms with Gasteiger partial charge in [-0.15, -0.1) is 0 Å². The molecule has 0 bridgehead atoms. The van der Waals surface area contributed by atoms with Crippen molar-refractivity contribution in [2.45, 2.75) is 19.4 Å². The van der Waals surface area contributed by atoms with Crippen molar-refractivity contribution in [3.05, 3.63) is 34.6 Å². The Hall–Kier alpha value is -0.650. The average Bonchev–Trinajstić information content (AvgIpc) is 2.26. The second kappa shape index (κ2) is 6.50. The van der Waals surface area contributed by atoms with E-state index in [1.54, 1.807) is 0 Å². The lowest BCUT2D eigenvalue weighted by Crippen LogP contribution is -2.28. The van der Waals surface area contributed by atoms with Crippen molar-refractivity contribution < 1.29 is 12.8 Å². The second-order valence-electron chi connectivity index (χ2n) is 4.26. The Morgan fingerprint density at radius 2 is 2.11 bits per heavy atom. The summed E-state index contributed by atoms with van der Waals surface area (Å²) in [4.78, 5) is 0. The van der Waals surface area contributed by atoms with Gasteiger partial charge < -0.3 is 5.32 Å². The first kappa shape index (κ1) is 15.4. The molecule has 18 heavy (non-hydrogen) atoms. The van der Waals surface area contributed by atoms with Crippen LogP contribution in [-0.2, 0) is 9.84 Å². The van der Waals surface area contributed by atoms with Crippen molar-refractivity contribution in [3.8, 4) is 0 Å². The van der Waals surface area contributed by atoms with Crippen LogP contribution in [0.15, 0.2) is 18.2 Å². The SMILES string of the molecule is CCCNC(CS(C)(=O)=O)c1cc(F)ccc1Cl. The van der Waals surface area contributed by atoms with Gasteiger partial charge in [0.1, 0.15) is 15.7 Å². The van der Waals surface area contributed by atoms with E-state index in [2.05, 4.69) is 5.32 Å². The Balaban J connectivity index is 3.04. The standard InChI is InChI=1S/C12H17ClFNO2S/c1-3-6-15-12(8-18(2,16)17)10-7-9(14)4-5-11(10)13/h4-5,7,12,15H,3,6,8H2,1-2H3. The van der Waals surface area contributed by atoms with E-state index in [1.165, 1.54) is 18.2 Å². The van der Waals surface area contributed by atoms with Gasteiger partial charge in [0.25, 0.3) is 0 Å². The minimum absolute atomic E-state index is 0.101. The molecular formula is C12H17ClFNO2S. The Morgan fingerprint density at radius 1 is 1.44 bits per heavy atom. The Bertz CT molecular complexity index is 505. The molecule has 0 aliphatic carbocycles. The van der Waals surface area contributed by atoms with Gasteiger partial charge in [-0.25, -0.2) is 12.8 Å². The molecule has 6 heteroatoms. The summed E-state index contributed by atoms with van der Waals surface area (Å²) in [6.07, 6.45) is 2.01. The van der Waals surface area contributed by atoms with Crippen molar-refractivity contribution in [2.24, 2.45) is 0 Å². The summed E-state index contributed by atoms with van der Waals surface area (Å²) in [6, 6.07) is 3.49. The molecule has 0 fully saturated rings. The van der Waals surface area contributed by atoms with Crippen LogP contribution < -0.4 is 5.32 Å². The molecule has 3 nitrogen and oxygen atoms in total. The maximum absolute atomic E-state index is 13.2. The van der Waals surface area contributed by atoms with Gasteiger partial charge in [-0.05, 0) is 36.7 Å². The van der Waals surface area contributed by atoms with Crippen LogP contribution in [0.2, 0.25) is 5.02 Å². The van der Waals surface area contributed by atoms with E-state index in [0.29, 0.717) is 17.1 Å². The zero-order valence-electron chi connectivity index (χ0n) is 10.4. The quantitative estimate of drug-likeness (QED) is 0.877. The smallest absolute Gasteiger partial charge is 0.149 e. The minimum atomic E-state index is -3.18. The van der Waals surface area contributed by atoms with Crippen molar-refractivity contribution >= 4 is 21.4 Å². The fraction of sp³-hybridized carbons (Fsp3) is 0.500. The topological polar surface area (TPSA) is 46.2 Å². The second-order valence-corrected chi connectivity index (χ2v) is 6.86. The summed E-state index contributed by atoms with van der Waals surface area (Å²) in [6.45, 7) is 2.62. The molecule has 1 aromatic rings.